The standard InChI is InChI=1S/C11H18N2O3/c1-11(3-2-4-12-7-11)8-13-9(14)5-16-6-10(13)15/h12H,2-8H2,1H3. The van der Waals surface area contributed by atoms with Crippen LogP contribution in [0, 0.1) is 5.41 Å². The minimum atomic E-state index is -0.206. The zero-order valence-corrected chi connectivity index (χ0v) is 9.62. The van der Waals surface area contributed by atoms with Gasteiger partial charge in [0.05, 0.1) is 0 Å². The van der Waals surface area contributed by atoms with Crippen molar-refractivity contribution in [3.8, 4) is 0 Å². The predicted octanol–water partition coefficient (Wildman–Crippen LogP) is -0.238. The van der Waals surface area contributed by atoms with Crippen LogP contribution in [0.4, 0.5) is 0 Å². The van der Waals surface area contributed by atoms with Crippen LogP contribution in [0.3, 0.4) is 0 Å². The minimum Gasteiger partial charge on any atom is -0.362 e. The Morgan fingerprint density at radius 1 is 1.38 bits per heavy atom. The Labute approximate surface area is 95.1 Å². The van der Waals surface area contributed by atoms with E-state index in [0.717, 1.165) is 25.9 Å². The first-order valence-electron chi connectivity index (χ1n) is 5.72. The molecule has 0 saturated carbocycles. The molecule has 2 heterocycles. The average molecular weight is 226 g/mol. The van der Waals surface area contributed by atoms with Crippen molar-refractivity contribution in [1.29, 1.82) is 0 Å². The van der Waals surface area contributed by atoms with Gasteiger partial charge in [-0.1, -0.05) is 6.92 Å². The number of rotatable bonds is 2. The van der Waals surface area contributed by atoms with Crippen LogP contribution in [-0.4, -0.2) is 49.6 Å². The van der Waals surface area contributed by atoms with Gasteiger partial charge in [0.25, 0.3) is 11.8 Å². The lowest BCUT2D eigenvalue weighted by Gasteiger charge is -2.38. The number of piperidine rings is 1. The van der Waals surface area contributed by atoms with E-state index in [0.29, 0.717) is 6.54 Å². The van der Waals surface area contributed by atoms with Crippen molar-refractivity contribution in [3.05, 3.63) is 0 Å². The lowest BCUT2D eigenvalue weighted by Crippen LogP contribution is -2.53. The SMILES string of the molecule is CC1(CN2C(=O)COCC2=O)CCCNC1. The van der Waals surface area contributed by atoms with Gasteiger partial charge in [-0.3, -0.25) is 14.5 Å². The molecule has 16 heavy (non-hydrogen) atoms. The number of ether oxygens (including phenoxy) is 1. The van der Waals surface area contributed by atoms with Crippen LogP contribution in [0.5, 0.6) is 0 Å². The summed E-state index contributed by atoms with van der Waals surface area (Å²) >= 11 is 0. The first-order chi connectivity index (χ1) is 7.61. The Morgan fingerprint density at radius 2 is 2.06 bits per heavy atom. The summed E-state index contributed by atoms with van der Waals surface area (Å²) in [4.78, 5) is 24.5. The zero-order chi connectivity index (χ0) is 11.6. The molecule has 2 rings (SSSR count). The van der Waals surface area contributed by atoms with E-state index in [2.05, 4.69) is 12.2 Å². The molecule has 2 aliphatic heterocycles. The van der Waals surface area contributed by atoms with Crippen molar-refractivity contribution in [2.75, 3.05) is 32.8 Å². The topological polar surface area (TPSA) is 58.6 Å². The highest BCUT2D eigenvalue weighted by Crippen LogP contribution is 2.27. The summed E-state index contributed by atoms with van der Waals surface area (Å²) in [7, 11) is 0. The van der Waals surface area contributed by atoms with Gasteiger partial charge in [-0.2, -0.15) is 0 Å². The summed E-state index contributed by atoms with van der Waals surface area (Å²) in [5.74, 6) is -0.411. The number of morpholine rings is 1. The van der Waals surface area contributed by atoms with E-state index in [1.165, 1.54) is 4.90 Å². The third kappa shape index (κ3) is 2.41. The molecule has 0 aromatic carbocycles. The monoisotopic (exact) mass is 226 g/mol. The highest BCUT2D eigenvalue weighted by Gasteiger charge is 2.35. The maximum absolute atomic E-state index is 11.6. The second-order valence-electron chi connectivity index (χ2n) is 4.96. The summed E-state index contributed by atoms with van der Waals surface area (Å²) in [6.45, 7) is 4.60. The molecule has 90 valence electrons. The Balaban J connectivity index is 2.01. The summed E-state index contributed by atoms with van der Waals surface area (Å²) in [6.07, 6.45) is 2.15. The fourth-order valence-corrected chi connectivity index (χ4v) is 2.33. The normalized spacial score (nSPS) is 31.9. The molecule has 1 N–H and O–H groups in total. The van der Waals surface area contributed by atoms with Gasteiger partial charge in [0.1, 0.15) is 13.2 Å². The number of nitrogens with one attached hydrogen (secondary N) is 1. The first-order valence-corrected chi connectivity index (χ1v) is 5.72. The highest BCUT2D eigenvalue weighted by atomic mass is 16.5. The lowest BCUT2D eigenvalue weighted by molar-refractivity contribution is -0.160. The maximum atomic E-state index is 11.6. The quantitative estimate of drug-likeness (QED) is 0.660. The van der Waals surface area contributed by atoms with Gasteiger partial charge in [0, 0.05) is 13.1 Å². The molecule has 2 saturated heterocycles. The van der Waals surface area contributed by atoms with E-state index in [1.54, 1.807) is 0 Å². The van der Waals surface area contributed by atoms with Gasteiger partial charge in [0.15, 0.2) is 0 Å². The molecule has 2 aliphatic rings. The molecule has 1 unspecified atom stereocenters. The summed E-state index contributed by atoms with van der Waals surface area (Å²) < 4.78 is 4.89. The molecule has 0 radical (unpaired) electrons. The number of nitrogens with zero attached hydrogens (tertiary/aromatic N) is 1. The van der Waals surface area contributed by atoms with Gasteiger partial charge < -0.3 is 10.1 Å². The molecule has 0 aliphatic carbocycles. The van der Waals surface area contributed by atoms with Crippen molar-refractivity contribution in [2.24, 2.45) is 5.41 Å². The molecule has 0 aromatic rings. The summed E-state index contributed by atoms with van der Waals surface area (Å²) in [5.41, 5.74) is 0.0148. The number of hydrogen-bond donors (Lipinski definition) is 1. The van der Waals surface area contributed by atoms with Crippen LogP contribution >= 0.6 is 0 Å². The number of carbonyl (C=O) groups is 2. The molecular weight excluding hydrogens is 208 g/mol. The Bertz CT molecular complexity index is 282. The summed E-state index contributed by atoms with van der Waals surface area (Å²) in [6, 6.07) is 0. The van der Waals surface area contributed by atoms with Crippen LogP contribution in [0.15, 0.2) is 0 Å². The molecule has 1 atom stereocenters. The van der Waals surface area contributed by atoms with Gasteiger partial charge in [0.2, 0.25) is 0 Å². The third-order valence-corrected chi connectivity index (χ3v) is 3.28. The molecule has 0 aromatic heterocycles. The van der Waals surface area contributed by atoms with E-state index in [1.807, 2.05) is 0 Å². The van der Waals surface area contributed by atoms with E-state index in [4.69, 9.17) is 4.74 Å². The molecule has 2 amide bonds. The fraction of sp³-hybridized carbons (Fsp3) is 0.818. The Hall–Kier alpha value is -0.940. The van der Waals surface area contributed by atoms with Crippen LogP contribution in [-0.2, 0) is 14.3 Å². The number of amides is 2. The van der Waals surface area contributed by atoms with Gasteiger partial charge in [-0.05, 0) is 24.8 Å². The van der Waals surface area contributed by atoms with E-state index in [9.17, 15) is 9.59 Å². The van der Waals surface area contributed by atoms with Gasteiger partial charge in [-0.25, -0.2) is 0 Å². The number of carbonyl (C=O) groups excluding carboxylic acids is 2. The van der Waals surface area contributed by atoms with Crippen LogP contribution in [0.1, 0.15) is 19.8 Å². The number of imide groups is 1. The predicted molar refractivity (Wildman–Crippen MR) is 57.7 cm³/mol. The van der Waals surface area contributed by atoms with E-state index < -0.39 is 0 Å². The second-order valence-corrected chi connectivity index (χ2v) is 4.96. The molecule has 0 bridgehead atoms. The highest BCUT2D eigenvalue weighted by molar-refractivity contribution is 5.98. The number of hydrogen-bond acceptors (Lipinski definition) is 4. The maximum Gasteiger partial charge on any atom is 0.255 e. The Morgan fingerprint density at radius 3 is 2.62 bits per heavy atom. The smallest absolute Gasteiger partial charge is 0.255 e. The minimum absolute atomic E-state index is 0.0148. The van der Waals surface area contributed by atoms with Crippen molar-refractivity contribution < 1.29 is 14.3 Å². The van der Waals surface area contributed by atoms with E-state index >= 15 is 0 Å². The second kappa shape index (κ2) is 4.51. The molecule has 0 spiro atoms. The van der Waals surface area contributed by atoms with Gasteiger partial charge in [-0.15, -0.1) is 0 Å². The molecular formula is C11H18N2O3. The van der Waals surface area contributed by atoms with Crippen molar-refractivity contribution in [1.82, 2.24) is 10.2 Å². The van der Waals surface area contributed by atoms with Crippen LogP contribution in [0.25, 0.3) is 0 Å². The first kappa shape index (κ1) is 11.5. The largest absolute Gasteiger partial charge is 0.362 e. The molecule has 5 nitrogen and oxygen atoms in total. The average Bonchev–Trinajstić information content (AvgIpc) is 2.25. The van der Waals surface area contributed by atoms with Gasteiger partial charge >= 0.3 is 0 Å². The van der Waals surface area contributed by atoms with Crippen molar-refractivity contribution >= 4 is 11.8 Å². The molecule has 5 heteroatoms. The zero-order valence-electron chi connectivity index (χ0n) is 9.62. The Kier molecular flexibility index (Phi) is 3.25. The van der Waals surface area contributed by atoms with Crippen LogP contribution < -0.4 is 5.32 Å². The van der Waals surface area contributed by atoms with Crippen LogP contribution in [0.2, 0.25) is 0 Å². The molecule has 2 fully saturated rings. The summed E-state index contributed by atoms with van der Waals surface area (Å²) in [5, 5.41) is 3.31. The van der Waals surface area contributed by atoms with Crippen molar-refractivity contribution in [3.63, 3.8) is 0 Å². The van der Waals surface area contributed by atoms with Crippen molar-refractivity contribution in [2.45, 2.75) is 19.8 Å². The third-order valence-electron chi connectivity index (χ3n) is 3.28. The lowest BCUT2D eigenvalue weighted by atomic mass is 9.82. The fourth-order valence-electron chi connectivity index (χ4n) is 2.33. The van der Waals surface area contributed by atoms with E-state index in [-0.39, 0.29) is 30.4 Å².